The molecular formula is C22H26FN3O. The van der Waals surface area contributed by atoms with Gasteiger partial charge in [0.05, 0.1) is 11.3 Å². The molecule has 2 atom stereocenters. The number of carbonyl (C=O) groups excluding carboxylic acids is 1. The first-order valence-corrected chi connectivity index (χ1v) is 9.42. The van der Waals surface area contributed by atoms with Crippen molar-refractivity contribution in [3.63, 3.8) is 0 Å². The maximum absolute atomic E-state index is 14.1. The van der Waals surface area contributed by atoms with Crippen LogP contribution in [0.5, 0.6) is 0 Å². The maximum atomic E-state index is 14.1. The Morgan fingerprint density at radius 3 is 2.74 bits per heavy atom. The standard InChI is InChI=1S/C22H26FN3O/c1-14(8-11-19(24)25)20(27)22(2,16-9-10-16)17-6-3-5-15(13-17)18-7-4-12-26-21(18)23/h3-7,12-14,16H,8-11H2,1-2H3,(H3,24,25)/t14?,22-/m0/s1. The Hall–Kier alpha value is -2.56. The third-order valence-electron chi connectivity index (χ3n) is 5.73. The summed E-state index contributed by atoms with van der Waals surface area (Å²) in [7, 11) is 0. The summed E-state index contributed by atoms with van der Waals surface area (Å²) < 4.78 is 14.1. The largest absolute Gasteiger partial charge is 0.388 e. The van der Waals surface area contributed by atoms with Crippen LogP contribution in [0.4, 0.5) is 4.39 Å². The van der Waals surface area contributed by atoms with Crippen molar-refractivity contribution in [1.29, 1.82) is 5.41 Å². The number of nitrogens with zero attached hydrogens (tertiary/aromatic N) is 1. The van der Waals surface area contributed by atoms with Gasteiger partial charge in [-0.05, 0) is 61.4 Å². The fourth-order valence-electron chi connectivity index (χ4n) is 3.87. The fraction of sp³-hybridized carbons (Fsp3) is 0.409. The van der Waals surface area contributed by atoms with E-state index in [4.69, 9.17) is 11.1 Å². The lowest BCUT2D eigenvalue weighted by atomic mass is 9.69. The Labute approximate surface area is 159 Å². The number of benzene rings is 1. The molecule has 2 aromatic rings. The average Bonchev–Trinajstić information content (AvgIpc) is 3.51. The van der Waals surface area contributed by atoms with Gasteiger partial charge in [-0.3, -0.25) is 10.2 Å². The van der Waals surface area contributed by atoms with Gasteiger partial charge in [0.1, 0.15) is 5.78 Å². The molecule has 3 rings (SSSR count). The van der Waals surface area contributed by atoms with Gasteiger partial charge in [0.2, 0.25) is 5.95 Å². The predicted octanol–water partition coefficient (Wildman–Crippen LogP) is 4.48. The number of halogens is 1. The lowest BCUT2D eigenvalue weighted by molar-refractivity contribution is -0.128. The van der Waals surface area contributed by atoms with E-state index >= 15 is 0 Å². The zero-order chi connectivity index (χ0) is 19.6. The van der Waals surface area contributed by atoms with Gasteiger partial charge in [-0.25, -0.2) is 4.98 Å². The van der Waals surface area contributed by atoms with Crippen molar-refractivity contribution < 1.29 is 9.18 Å². The van der Waals surface area contributed by atoms with Gasteiger partial charge in [-0.1, -0.05) is 25.1 Å². The first kappa shape index (κ1) is 19.2. The van der Waals surface area contributed by atoms with Crippen molar-refractivity contribution in [1.82, 2.24) is 4.98 Å². The van der Waals surface area contributed by atoms with E-state index in [1.165, 1.54) is 6.20 Å². The molecule has 1 unspecified atom stereocenters. The highest BCUT2D eigenvalue weighted by molar-refractivity contribution is 5.93. The highest BCUT2D eigenvalue weighted by atomic mass is 19.1. The molecule has 142 valence electrons. The molecule has 0 amide bonds. The van der Waals surface area contributed by atoms with Crippen molar-refractivity contribution in [3.8, 4) is 11.1 Å². The number of nitrogens with one attached hydrogen (secondary N) is 1. The van der Waals surface area contributed by atoms with Crippen LogP contribution in [-0.4, -0.2) is 16.6 Å². The van der Waals surface area contributed by atoms with Gasteiger partial charge < -0.3 is 5.73 Å². The number of nitrogens with two attached hydrogens (primary N) is 1. The summed E-state index contributed by atoms with van der Waals surface area (Å²) in [4.78, 5) is 17.1. The summed E-state index contributed by atoms with van der Waals surface area (Å²) in [5.74, 6) is -0.104. The van der Waals surface area contributed by atoms with E-state index in [1.807, 2.05) is 38.1 Å². The highest BCUT2D eigenvalue weighted by Crippen LogP contribution is 2.49. The van der Waals surface area contributed by atoms with Crippen LogP contribution in [0.1, 0.15) is 45.1 Å². The molecule has 1 aromatic heterocycles. The Morgan fingerprint density at radius 2 is 2.11 bits per heavy atom. The van der Waals surface area contributed by atoms with Crippen molar-refractivity contribution in [2.45, 2.75) is 44.9 Å². The van der Waals surface area contributed by atoms with Crippen molar-refractivity contribution in [2.24, 2.45) is 17.6 Å². The SMILES string of the molecule is CC(CCC(=N)N)C(=O)[C@](C)(c1cccc(-c2cccnc2F)c1)C1CC1. The van der Waals surface area contributed by atoms with Crippen molar-refractivity contribution in [3.05, 3.63) is 54.1 Å². The normalized spacial score (nSPS) is 17.1. The Balaban J connectivity index is 1.96. The molecule has 1 fully saturated rings. The number of aromatic nitrogens is 1. The van der Waals surface area contributed by atoms with Crippen molar-refractivity contribution in [2.75, 3.05) is 0 Å². The number of hydrogen-bond acceptors (Lipinski definition) is 3. The van der Waals surface area contributed by atoms with E-state index in [1.54, 1.807) is 12.1 Å². The molecule has 1 aliphatic rings. The molecule has 1 heterocycles. The quantitative estimate of drug-likeness (QED) is 0.410. The number of carbonyl (C=O) groups is 1. The van der Waals surface area contributed by atoms with E-state index in [-0.39, 0.29) is 17.5 Å². The minimum atomic E-state index is -0.606. The van der Waals surface area contributed by atoms with E-state index in [0.29, 0.717) is 24.3 Å². The summed E-state index contributed by atoms with van der Waals surface area (Å²) in [6.07, 6.45) is 4.47. The molecule has 0 spiro atoms. The summed E-state index contributed by atoms with van der Waals surface area (Å²) in [5.41, 5.74) is 6.95. The van der Waals surface area contributed by atoms with Crippen LogP contribution >= 0.6 is 0 Å². The summed E-state index contributed by atoms with van der Waals surface area (Å²) in [5, 5.41) is 7.41. The van der Waals surface area contributed by atoms with E-state index < -0.39 is 11.4 Å². The van der Waals surface area contributed by atoms with Gasteiger partial charge in [-0.2, -0.15) is 4.39 Å². The number of amidine groups is 1. The minimum Gasteiger partial charge on any atom is -0.388 e. The van der Waals surface area contributed by atoms with Gasteiger partial charge in [0, 0.05) is 24.1 Å². The zero-order valence-corrected chi connectivity index (χ0v) is 15.8. The fourth-order valence-corrected chi connectivity index (χ4v) is 3.87. The van der Waals surface area contributed by atoms with Crippen molar-refractivity contribution >= 4 is 11.6 Å². The molecule has 4 nitrogen and oxygen atoms in total. The molecule has 0 saturated heterocycles. The third kappa shape index (κ3) is 3.92. The smallest absolute Gasteiger partial charge is 0.220 e. The van der Waals surface area contributed by atoms with Crippen LogP contribution in [0.3, 0.4) is 0 Å². The number of hydrogen-bond donors (Lipinski definition) is 2. The summed E-state index contributed by atoms with van der Waals surface area (Å²) in [6.45, 7) is 3.92. The van der Waals surface area contributed by atoms with Crippen LogP contribution in [0.25, 0.3) is 11.1 Å². The number of rotatable bonds is 8. The number of pyridine rings is 1. The predicted molar refractivity (Wildman–Crippen MR) is 105 cm³/mol. The molecular weight excluding hydrogens is 341 g/mol. The second-order valence-electron chi connectivity index (χ2n) is 7.73. The van der Waals surface area contributed by atoms with E-state index in [9.17, 15) is 9.18 Å². The summed E-state index contributed by atoms with van der Waals surface area (Å²) in [6, 6.07) is 11.0. The van der Waals surface area contributed by atoms with E-state index in [2.05, 4.69) is 4.98 Å². The Morgan fingerprint density at radius 1 is 1.37 bits per heavy atom. The molecule has 0 bridgehead atoms. The Bertz CT molecular complexity index is 862. The zero-order valence-electron chi connectivity index (χ0n) is 15.8. The molecule has 0 radical (unpaired) electrons. The monoisotopic (exact) mass is 367 g/mol. The minimum absolute atomic E-state index is 0.108. The Kier molecular flexibility index (Phi) is 5.40. The third-order valence-corrected chi connectivity index (χ3v) is 5.73. The van der Waals surface area contributed by atoms with Gasteiger partial charge in [0.25, 0.3) is 0 Å². The van der Waals surface area contributed by atoms with E-state index in [0.717, 1.165) is 24.0 Å². The van der Waals surface area contributed by atoms with Crippen LogP contribution < -0.4 is 5.73 Å². The van der Waals surface area contributed by atoms with Gasteiger partial charge >= 0.3 is 0 Å². The van der Waals surface area contributed by atoms with Crippen LogP contribution in [-0.2, 0) is 10.2 Å². The maximum Gasteiger partial charge on any atom is 0.220 e. The van der Waals surface area contributed by atoms with Crippen LogP contribution in [0.15, 0.2) is 42.6 Å². The molecule has 0 aliphatic heterocycles. The molecule has 27 heavy (non-hydrogen) atoms. The number of Topliss-reactive ketones (excluding diaryl/α,β-unsaturated/α-hetero) is 1. The molecule has 5 heteroatoms. The highest BCUT2D eigenvalue weighted by Gasteiger charge is 2.49. The van der Waals surface area contributed by atoms with Gasteiger partial charge in [0.15, 0.2) is 0 Å². The number of ketones is 1. The van der Waals surface area contributed by atoms with Crippen LogP contribution in [0, 0.1) is 23.2 Å². The average molecular weight is 367 g/mol. The first-order valence-electron chi connectivity index (χ1n) is 9.42. The molecule has 3 N–H and O–H groups in total. The first-order chi connectivity index (χ1) is 12.8. The molecule has 1 aliphatic carbocycles. The molecule has 1 aromatic carbocycles. The lowest BCUT2D eigenvalue weighted by Gasteiger charge is -2.32. The van der Waals surface area contributed by atoms with Gasteiger partial charge in [-0.15, -0.1) is 0 Å². The molecule has 1 saturated carbocycles. The second kappa shape index (κ2) is 7.59. The lowest BCUT2D eigenvalue weighted by Crippen LogP contribution is -2.39. The topological polar surface area (TPSA) is 79.8 Å². The second-order valence-corrected chi connectivity index (χ2v) is 7.73. The van der Waals surface area contributed by atoms with Crippen LogP contribution in [0.2, 0.25) is 0 Å². The summed E-state index contributed by atoms with van der Waals surface area (Å²) >= 11 is 0.